The van der Waals surface area contributed by atoms with Crippen LogP contribution in [0.5, 0.6) is 5.75 Å². The standard InChI is InChI=1S/C22H39O3P/c1-9-11-13-17(10-2)16-24-26(23)25-19-15-12-14-18(21(3,4)5)20(19)22(6,7)8/h12,14-15,17,23H,9-11,13,16H2,1-8H3. The van der Waals surface area contributed by atoms with Gasteiger partial charge in [-0.1, -0.05) is 86.8 Å². The highest BCUT2D eigenvalue weighted by molar-refractivity contribution is 7.41. The molecule has 1 aromatic rings. The molecule has 1 rings (SSSR count). The van der Waals surface area contributed by atoms with Crippen LogP contribution in [0.15, 0.2) is 18.2 Å². The smallest absolute Gasteiger partial charge is 0.394 e. The Hall–Kier alpha value is -0.630. The second-order valence-corrected chi connectivity index (χ2v) is 10.1. The summed E-state index contributed by atoms with van der Waals surface area (Å²) in [4.78, 5) is 10.4. The Morgan fingerprint density at radius 3 is 2.19 bits per heavy atom. The van der Waals surface area contributed by atoms with Crippen molar-refractivity contribution >= 4 is 8.60 Å². The van der Waals surface area contributed by atoms with Gasteiger partial charge in [-0.2, -0.15) is 0 Å². The van der Waals surface area contributed by atoms with Gasteiger partial charge in [0.15, 0.2) is 0 Å². The van der Waals surface area contributed by atoms with E-state index in [4.69, 9.17) is 9.05 Å². The molecular formula is C22H39O3P. The molecule has 1 N–H and O–H groups in total. The lowest BCUT2D eigenvalue weighted by molar-refractivity contribution is 0.203. The summed E-state index contributed by atoms with van der Waals surface area (Å²) >= 11 is 0. The van der Waals surface area contributed by atoms with Crippen LogP contribution in [0.4, 0.5) is 0 Å². The Labute approximate surface area is 162 Å². The molecule has 0 aliphatic heterocycles. The number of rotatable bonds is 9. The molecule has 4 heteroatoms. The van der Waals surface area contributed by atoms with Gasteiger partial charge in [0, 0.05) is 5.56 Å². The molecule has 0 aliphatic rings. The summed E-state index contributed by atoms with van der Waals surface area (Å²) in [6.07, 6.45) is 4.60. The first-order chi connectivity index (χ1) is 12.0. The fourth-order valence-electron chi connectivity index (χ4n) is 3.18. The van der Waals surface area contributed by atoms with Crippen molar-refractivity contribution in [3.05, 3.63) is 29.3 Å². The molecule has 3 nitrogen and oxygen atoms in total. The summed E-state index contributed by atoms with van der Waals surface area (Å²) in [6, 6.07) is 6.11. The van der Waals surface area contributed by atoms with Crippen LogP contribution in [-0.2, 0) is 15.4 Å². The number of hydrogen-bond acceptors (Lipinski definition) is 3. The molecule has 2 unspecified atom stereocenters. The van der Waals surface area contributed by atoms with Crippen molar-refractivity contribution in [3.63, 3.8) is 0 Å². The van der Waals surface area contributed by atoms with Crippen molar-refractivity contribution in [3.8, 4) is 5.75 Å². The molecule has 0 amide bonds. The fourth-order valence-corrected chi connectivity index (χ4v) is 3.90. The summed E-state index contributed by atoms with van der Waals surface area (Å²) in [7, 11) is -1.92. The van der Waals surface area contributed by atoms with Crippen molar-refractivity contribution < 1.29 is 13.9 Å². The van der Waals surface area contributed by atoms with E-state index in [1.807, 2.05) is 12.1 Å². The zero-order valence-corrected chi connectivity index (χ0v) is 19.0. The first-order valence-electron chi connectivity index (χ1n) is 9.94. The summed E-state index contributed by atoms with van der Waals surface area (Å²) in [5, 5.41) is 0. The Bertz CT molecular complexity index is 543. The van der Waals surface area contributed by atoms with Crippen molar-refractivity contribution in [2.75, 3.05) is 6.61 Å². The maximum Gasteiger partial charge on any atom is 0.394 e. The fraction of sp³-hybridized carbons (Fsp3) is 0.727. The van der Waals surface area contributed by atoms with Gasteiger partial charge in [0.05, 0.1) is 6.61 Å². The summed E-state index contributed by atoms with van der Waals surface area (Å²) in [5.41, 5.74) is 2.33. The molecule has 0 bridgehead atoms. The lowest BCUT2D eigenvalue weighted by atomic mass is 9.75. The van der Waals surface area contributed by atoms with Crippen molar-refractivity contribution in [2.45, 2.75) is 91.9 Å². The minimum atomic E-state index is -1.92. The highest BCUT2D eigenvalue weighted by atomic mass is 31.2. The molecule has 2 atom stereocenters. The second-order valence-electron chi connectivity index (χ2n) is 9.22. The van der Waals surface area contributed by atoms with Gasteiger partial charge in [0.1, 0.15) is 5.75 Å². The van der Waals surface area contributed by atoms with Gasteiger partial charge in [-0.15, -0.1) is 0 Å². The highest BCUT2D eigenvalue weighted by Gasteiger charge is 2.29. The zero-order valence-electron chi connectivity index (χ0n) is 18.1. The van der Waals surface area contributed by atoms with Crippen molar-refractivity contribution in [1.82, 2.24) is 0 Å². The molecule has 0 saturated heterocycles. The van der Waals surface area contributed by atoms with E-state index in [-0.39, 0.29) is 10.8 Å². The summed E-state index contributed by atoms with van der Waals surface area (Å²) < 4.78 is 11.6. The van der Waals surface area contributed by atoms with Gasteiger partial charge in [0.25, 0.3) is 0 Å². The van der Waals surface area contributed by atoms with Crippen LogP contribution >= 0.6 is 8.60 Å². The van der Waals surface area contributed by atoms with Crippen molar-refractivity contribution in [2.24, 2.45) is 5.92 Å². The van der Waals surface area contributed by atoms with E-state index < -0.39 is 8.60 Å². The third-order valence-corrected chi connectivity index (χ3v) is 5.45. The monoisotopic (exact) mass is 382 g/mol. The van der Waals surface area contributed by atoms with E-state index in [9.17, 15) is 4.89 Å². The molecule has 0 fully saturated rings. The van der Waals surface area contributed by atoms with Crippen LogP contribution in [0.25, 0.3) is 0 Å². The molecule has 0 saturated carbocycles. The van der Waals surface area contributed by atoms with E-state index in [1.165, 1.54) is 18.4 Å². The maximum atomic E-state index is 10.4. The molecular weight excluding hydrogens is 343 g/mol. The number of unbranched alkanes of at least 4 members (excludes halogenated alkanes) is 1. The van der Waals surface area contributed by atoms with E-state index in [0.717, 1.165) is 24.2 Å². The van der Waals surface area contributed by atoms with Crippen LogP contribution < -0.4 is 4.52 Å². The molecule has 0 aromatic heterocycles. The van der Waals surface area contributed by atoms with E-state index in [2.05, 4.69) is 61.5 Å². The topological polar surface area (TPSA) is 38.7 Å². The second kappa shape index (κ2) is 10.1. The summed E-state index contributed by atoms with van der Waals surface area (Å²) in [6.45, 7) is 18.1. The van der Waals surface area contributed by atoms with Crippen LogP contribution in [0.1, 0.15) is 92.2 Å². The zero-order chi connectivity index (χ0) is 20.0. The lowest BCUT2D eigenvalue weighted by Gasteiger charge is -2.32. The largest absolute Gasteiger partial charge is 0.427 e. The molecule has 1 aromatic carbocycles. The number of benzene rings is 1. The van der Waals surface area contributed by atoms with Gasteiger partial charge in [0.2, 0.25) is 0 Å². The van der Waals surface area contributed by atoms with Gasteiger partial charge >= 0.3 is 8.60 Å². The summed E-state index contributed by atoms with van der Waals surface area (Å²) in [5.74, 6) is 1.22. The van der Waals surface area contributed by atoms with Crippen LogP contribution in [0.3, 0.4) is 0 Å². The average Bonchev–Trinajstić information content (AvgIpc) is 2.53. The Morgan fingerprint density at radius 2 is 1.69 bits per heavy atom. The number of hydrogen-bond donors (Lipinski definition) is 1. The van der Waals surface area contributed by atoms with Gasteiger partial charge in [-0.05, 0) is 34.8 Å². The molecule has 0 spiro atoms. The van der Waals surface area contributed by atoms with Crippen LogP contribution in [0, 0.1) is 5.92 Å². The minimum absolute atomic E-state index is 0.00844. The van der Waals surface area contributed by atoms with Gasteiger partial charge < -0.3 is 13.9 Å². The predicted molar refractivity (Wildman–Crippen MR) is 113 cm³/mol. The Balaban J connectivity index is 2.92. The van der Waals surface area contributed by atoms with E-state index in [1.54, 1.807) is 0 Å². The Morgan fingerprint density at radius 1 is 1.04 bits per heavy atom. The first-order valence-corrected chi connectivity index (χ1v) is 11.1. The highest BCUT2D eigenvalue weighted by Crippen LogP contribution is 2.44. The molecule has 0 aliphatic carbocycles. The molecule has 0 radical (unpaired) electrons. The van der Waals surface area contributed by atoms with E-state index >= 15 is 0 Å². The lowest BCUT2D eigenvalue weighted by Crippen LogP contribution is -2.22. The average molecular weight is 383 g/mol. The SMILES string of the molecule is CCCCC(CC)COP(O)Oc1cccc(C(C)(C)C)c1C(C)(C)C. The Kier molecular flexibility index (Phi) is 9.06. The third-order valence-electron chi connectivity index (χ3n) is 4.72. The van der Waals surface area contributed by atoms with E-state index in [0.29, 0.717) is 12.5 Å². The molecule has 26 heavy (non-hydrogen) atoms. The minimum Gasteiger partial charge on any atom is -0.427 e. The predicted octanol–water partition coefficient (Wildman–Crippen LogP) is 7.11. The normalized spacial score (nSPS) is 15.0. The molecule has 150 valence electrons. The van der Waals surface area contributed by atoms with Crippen LogP contribution in [0.2, 0.25) is 0 Å². The van der Waals surface area contributed by atoms with Crippen molar-refractivity contribution in [1.29, 1.82) is 0 Å². The quantitative estimate of drug-likeness (QED) is 0.462. The molecule has 0 heterocycles. The van der Waals surface area contributed by atoms with Crippen LogP contribution in [-0.4, -0.2) is 11.5 Å². The van der Waals surface area contributed by atoms with Gasteiger partial charge in [-0.3, -0.25) is 0 Å². The first kappa shape index (κ1) is 23.4. The van der Waals surface area contributed by atoms with Gasteiger partial charge in [-0.25, -0.2) is 0 Å². The maximum absolute atomic E-state index is 10.4. The third kappa shape index (κ3) is 7.18.